The Morgan fingerprint density at radius 3 is 2.87 bits per heavy atom. The van der Waals surface area contributed by atoms with Crippen LogP contribution in [-0.2, 0) is 11.3 Å². The fourth-order valence-electron chi connectivity index (χ4n) is 1.67. The first-order valence-corrected chi connectivity index (χ1v) is 4.56. The second-order valence-electron chi connectivity index (χ2n) is 3.44. The van der Waals surface area contributed by atoms with Gasteiger partial charge in [-0.15, -0.1) is 0 Å². The first-order chi connectivity index (χ1) is 7.09. The minimum absolute atomic E-state index is 0.252. The number of amides is 2. The predicted octanol–water partition coefficient (Wildman–Crippen LogP) is 0.276. The molecule has 3 N–H and O–H groups in total. The molecule has 1 aliphatic heterocycles. The van der Waals surface area contributed by atoms with Gasteiger partial charge in [0.2, 0.25) is 5.91 Å². The summed E-state index contributed by atoms with van der Waals surface area (Å²) in [4.78, 5) is 22.6. The fourth-order valence-corrected chi connectivity index (χ4v) is 1.67. The van der Waals surface area contributed by atoms with Crippen LogP contribution in [0.4, 0.5) is 5.69 Å². The molecular formula is C10H11N3O2. The Morgan fingerprint density at radius 1 is 1.53 bits per heavy atom. The average molecular weight is 205 g/mol. The summed E-state index contributed by atoms with van der Waals surface area (Å²) in [5.74, 6) is -0.520. The zero-order valence-corrected chi connectivity index (χ0v) is 8.28. The standard InChI is InChI=1S/C10H11N3O2/c1-6(14)12-13-5-7-3-2-4-8(11)9(7)10(13)15/h2-4H,5,11H2,1H3,(H,12,14). The molecule has 78 valence electrons. The van der Waals surface area contributed by atoms with Gasteiger partial charge in [-0.2, -0.15) is 0 Å². The molecule has 0 aromatic heterocycles. The molecular weight excluding hydrogens is 194 g/mol. The molecule has 5 heteroatoms. The summed E-state index contributed by atoms with van der Waals surface area (Å²) in [6, 6.07) is 5.29. The van der Waals surface area contributed by atoms with Crippen LogP contribution in [-0.4, -0.2) is 16.8 Å². The van der Waals surface area contributed by atoms with Gasteiger partial charge in [-0.05, 0) is 11.6 Å². The Labute approximate surface area is 86.8 Å². The number of benzene rings is 1. The predicted molar refractivity (Wildman–Crippen MR) is 54.5 cm³/mol. The van der Waals surface area contributed by atoms with Crippen molar-refractivity contribution in [3.8, 4) is 0 Å². The van der Waals surface area contributed by atoms with Gasteiger partial charge < -0.3 is 5.73 Å². The molecule has 0 fully saturated rings. The molecule has 0 bridgehead atoms. The first-order valence-electron chi connectivity index (χ1n) is 4.56. The van der Waals surface area contributed by atoms with Crippen LogP contribution < -0.4 is 11.2 Å². The lowest BCUT2D eigenvalue weighted by molar-refractivity contribution is -0.122. The zero-order valence-electron chi connectivity index (χ0n) is 8.28. The van der Waals surface area contributed by atoms with E-state index in [0.29, 0.717) is 17.8 Å². The van der Waals surface area contributed by atoms with Gasteiger partial charge in [0, 0.05) is 12.6 Å². The molecule has 1 heterocycles. The number of nitrogens with zero attached hydrogens (tertiary/aromatic N) is 1. The van der Waals surface area contributed by atoms with Crippen molar-refractivity contribution in [1.29, 1.82) is 0 Å². The van der Waals surface area contributed by atoms with E-state index in [1.807, 2.05) is 6.07 Å². The van der Waals surface area contributed by atoms with Crippen molar-refractivity contribution in [2.45, 2.75) is 13.5 Å². The molecule has 0 saturated heterocycles. The minimum atomic E-state index is -0.269. The monoisotopic (exact) mass is 205 g/mol. The number of hydrogen-bond donors (Lipinski definition) is 2. The quantitative estimate of drug-likeness (QED) is 0.646. The van der Waals surface area contributed by atoms with E-state index >= 15 is 0 Å². The lowest BCUT2D eigenvalue weighted by Gasteiger charge is -2.14. The highest BCUT2D eigenvalue weighted by molar-refractivity contribution is 6.03. The SMILES string of the molecule is CC(=O)NN1Cc2cccc(N)c2C1=O. The van der Waals surface area contributed by atoms with E-state index < -0.39 is 0 Å². The molecule has 2 amide bonds. The summed E-state index contributed by atoms with van der Waals surface area (Å²) in [6.45, 7) is 1.73. The van der Waals surface area contributed by atoms with Gasteiger partial charge in [0.1, 0.15) is 0 Å². The molecule has 1 aromatic rings. The van der Waals surface area contributed by atoms with E-state index in [1.165, 1.54) is 11.9 Å². The van der Waals surface area contributed by atoms with E-state index in [1.54, 1.807) is 12.1 Å². The maximum atomic E-state index is 11.8. The Bertz CT molecular complexity index is 442. The largest absolute Gasteiger partial charge is 0.398 e. The topological polar surface area (TPSA) is 75.4 Å². The van der Waals surface area contributed by atoms with Gasteiger partial charge in [-0.1, -0.05) is 12.1 Å². The van der Waals surface area contributed by atoms with E-state index in [9.17, 15) is 9.59 Å². The summed E-state index contributed by atoms with van der Waals surface area (Å²) in [5, 5.41) is 1.27. The van der Waals surface area contributed by atoms with Crippen molar-refractivity contribution in [2.75, 3.05) is 5.73 Å². The van der Waals surface area contributed by atoms with Crippen LogP contribution in [0.2, 0.25) is 0 Å². The second-order valence-corrected chi connectivity index (χ2v) is 3.44. The van der Waals surface area contributed by atoms with Gasteiger partial charge in [-0.25, -0.2) is 5.01 Å². The van der Waals surface area contributed by atoms with Gasteiger partial charge in [0.25, 0.3) is 5.91 Å². The number of carbonyl (C=O) groups excluding carboxylic acids is 2. The Morgan fingerprint density at radius 2 is 2.27 bits per heavy atom. The Kier molecular flexibility index (Phi) is 2.07. The van der Waals surface area contributed by atoms with Crippen LogP contribution in [0.5, 0.6) is 0 Å². The first kappa shape index (κ1) is 9.51. The fraction of sp³-hybridized carbons (Fsp3) is 0.200. The van der Waals surface area contributed by atoms with E-state index in [-0.39, 0.29) is 11.8 Å². The number of carbonyl (C=O) groups is 2. The van der Waals surface area contributed by atoms with Crippen LogP contribution in [0.15, 0.2) is 18.2 Å². The van der Waals surface area contributed by atoms with Crippen molar-refractivity contribution < 1.29 is 9.59 Å². The molecule has 0 spiro atoms. The van der Waals surface area contributed by atoms with Crippen LogP contribution in [0.1, 0.15) is 22.8 Å². The molecule has 15 heavy (non-hydrogen) atoms. The molecule has 5 nitrogen and oxygen atoms in total. The van der Waals surface area contributed by atoms with Crippen molar-refractivity contribution in [1.82, 2.24) is 10.4 Å². The molecule has 1 aliphatic rings. The van der Waals surface area contributed by atoms with Gasteiger partial charge in [0.15, 0.2) is 0 Å². The summed E-state index contributed by atoms with van der Waals surface area (Å²) >= 11 is 0. The average Bonchev–Trinajstić information content (AvgIpc) is 2.44. The highest BCUT2D eigenvalue weighted by atomic mass is 16.2. The van der Waals surface area contributed by atoms with Crippen molar-refractivity contribution in [3.63, 3.8) is 0 Å². The third-order valence-electron chi connectivity index (χ3n) is 2.26. The van der Waals surface area contributed by atoms with Gasteiger partial charge in [0.05, 0.1) is 12.1 Å². The van der Waals surface area contributed by atoms with Crippen molar-refractivity contribution in [3.05, 3.63) is 29.3 Å². The smallest absolute Gasteiger partial charge is 0.275 e. The van der Waals surface area contributed by atoms with Gasteiger partial charge >= 0.3 is 0 Å². The van der Waals surface area contributed by atoms with Gasteiger partial charge in [-0.3, -0.25) is 15.0 Å². The molecule has 0 saturated carbocycles. The number of anilines is 1. The third-order valence-corrected chi connectivity index (χ3v) is 2.26. The van der Waals surface area contributed by atoms with Crippen molar-refractivity contribution in [2.24, 2.45) is 0 Å². The van der Waals surface area contributed by atoms with Crippen LogP contribution in [0.3, 0.4) is 0 Å². The summed E-state index contributed by atoms with van der Waals surface area (Å²) in [5.41, 5.74) is 9.93. The number of nitrogens with two attached hydrogens (primary N) is 1. The molecule has 0 atom stereocenters. The van der Waals surface area contributed by atoms with Crippen LogP contribution in [0.25, 0.3) is 0 Å². The maximum absolute atomic E-state index is 11.8. The lowest BCUT2D eigenvalue weighted by atomic mass is 10.1. The minimum Gasteiger partial charge on any atom is -0.398 e. The molecule has 0 aliphatic carbocycles. The number of hydrazine groups is 1. The van der Waals surface area contributed by atoms with E-state index in [4.69, 9.17) is 5.73 Å². The normalized spacial score (nSPS) is 13.9. The zero-order chi connectivity index (χ0) is 11.0. The number of hydrogen-bond acceptors (Lipinski definition) is 3. The summed E-state index contributed by atoms with van der Waals surface area (Å²) < 4.78 is 0. The second kappa shape index (κ2) is 3.27. The molecule has 2 rings (SSSR count). The summed E-state index contributed by atoms with van der Waals surface area (Å²) in [6.07, 6.45) is 0. The molecule has 0 radical (unpaired) electrons. The molecule has 0 unspecified atom stereocenters. The number of rotatable bonds is 1. The van der Waals surface area contributed by atoms with Crippen LogP contribution in [0, 0.1) is 0 Å². The Hall–Kier alpha value is -2.04. The highest BCUT2D eigenvalue weighted by Crippen LogP contribution is 2.25. The maximum Gasteiger partial charge on any atom is 0.275 e. The lowest BCUT2D eigenvalue weighted by Crippen LogP contribution is -2.41. The van der Waals surface area contributed by atoms with Crippen LogP contribution >= 0.6 is 0 Å². The molecule has 1 aromatic carbocycles. The number of nitrogen functional groups attached to an aromatic ring is 1. The van der Waals surface area contributed by atoms with Crippen molar-refractivity contribution >= 4 is 17.5 Å². The highest BCUT2D eigenvalue weighted by Gasteiger charge is 2.29. The van der Waals surface area contributed by atoms with E-state index in [2.05, 4.69) is 5.43 Å². The Balaban J connectivity index is 2.34. The number of nitrogens with one attached hydrogen (secondary N) is 1. The number of fused-ring (bicyclic) bond motifs is 1. The van der Waals surface area contributed by atoms with E-state index in [0.717, 1.165) is 5.56 Å². The summed E-state index contributed by atoms with van der Waals surface area (Å²) in [7, 11) is 0. The third kappa shape index (κ3) is 1.52.